The van der Waals surface area contributed by atoms with Crippen molar-refractivity contribution in [1.82, 2.24) is 10.2 Å². The number of rotatable bonds is 3. The highest BCUT2D eigenvalue weighted by Crippen LogP contribution is 2.17. The van der Waals surface area contributed by atoms with E-state index in [1.165, 1.54) is 30.7 Å². The lowest BCUT2D eigenvalue weighted by atomic mass is 10.0. The first-order valence-electron chi connectivity index (χ1n) is 7.62. The molecule has 1 aliphatic rings. The summed E-state index contributed by atoms with van der Waals surface area (Å²) in [7, 11) is 0. The lowest BCUT2D eigenvalue weighted by Crippen LogP contribution is -2.46. The highest BCUT2D eigenvalue weighted by Gasteiger charge is 2.26. The maximum absolute atomic E-state index is 13.7. The number of hydrogen-bond acceptors (Lipinski definition) is 3. The van der Waals surface area contributed by atoms with Gasteiger partial charge in [-0.2, -0.15) is 0 Å². The molecule has 0 bridgehead atoms. The van der Waals surface area contributed by atoms with E-state index in [0.717, 1.165) is 0 Å². The summed E-state index contributed by atoms with van der Waals surface area (Å²) in [5, 5.41) is 3.11. The number of nitrogens with one attached hydrogen (secondary N) is 1. The molecule has 2 heterocycles. The molecule has 0 aliphatic carbocycles. The zero-order valence-corrected chi connectivity index (χ0v) is 13.6. The Labute approximate surface area is 143 Å². The zero-order valence-electron chi connectivity index (χ0n) is 12.8. The number of piperidine rings is 1. The van der Waals surface area contributed by atoms with Crippen LogP contribution in [0.2, 0.25) is 5.02 Å². The molecular formula is C17H16ClFN2O3. The molecule has 7 heteroatoms. The Balaban J connectivity index is 1.56. The molecule has 0 atom stereocenters. The molecule has 0 unspecified atom stereocenters. The zero-order chi connectivity index (χ0) is 17.1. The van der Waals surface area contributed by atoms with Gasteiger partial charge in [0.05, 0.1) is 17.4 Å². The fourth-order valence-corrected chi connectivity index (χ4v) is 2.90. The molecule has 3 rings (SSSR count). The van der Waals surface area contributed by atoms with Gasteiger partial charge in [-0.25, -0.2) is 4.39 Å². The van der Waals surface area contributed by atoms with Gasteiger partial charge in [-0.1, -0.05) is 11.6 Å². The Morgan fingerprint density at radius 3 is 2.67 bits per heavy atom. The predicted octanol–water partition coefficient (Wildman–Crippen LogP) is 3.11. The molecule has 1 N–H and O–H groups in total. The molecule has 126 valence electrons. The number of furan rings is 1. The van der Waals surface area contributed by atoms with Crippen LogP contribution >= 0.6 is 11.6 Å². The molecule has 1 aromatic heterocycles. The highest BCUT2D eigenvalue weighted by molar-refractivity contribution is 6.31. The van der Waals surface area contributed by atoms with Gasteiger partial charge in [-0.05, 0) is 37.1 Å². The summed E-state index contributed by atoms with van der Waals surface area (Å²) in [6.45, 7) is 1.04. The summed E-state index contributed by atoms with van der Waals surface area (Å²) in [6, 6.07) is 5.39. The van der Waals surface area contributed by atoms with Crippen molar-refractivity contribution in [3.8, 4) is 0 Å². The number of amides is 2. The van der Waals surface area contributed by atoms with Crippen molar-refractivity contribution in [2.45, 2.75) is 18.9 Å². The van der Waals surface area contributed by atoms with Crippen molar-refractivity contribution in [2.24, 2.45) is 0 Å². The number of benzene rings is 1. The average molecular weight is 351 g/mol. The van der Waals surface area contributed by atoms with E-state index in [4.69, 9.17) is 16.0 Å². The quantitative estimate of drug-likeness (QED) is 0.925. The minimum Gasteiger partial charge on any atom is -0.472 e. The van der Waals surface area contributed by atoms with Crippen molar-refractivity contribution < 1.29 is 18.4 Å². The third kappa shape index (κ3) is 3.59. The van der Waals surface area contributed by atoms with Crippen LogP contribution in [0.25, 0.3) is 0 Å². The molecule has 0 spiro atoms. The topological polar surface area (TPSA) is 62.6 Å². The molecular weight excluding hydrogens is 335 g/mol. The summed E-state index contributed by atoms with van der Waals surface area (Å²) in [4.78, 5) is 26.1. The minimum absolute atomic E-state index is 0.0700. The molecule has 24 heavy (non-hydrogen) atoms. The molecule has 1 aliphatic heterocycles. The SMILES string of the molecule is O=C(NC1CCN(C(=O)c2ccoc2)CC1)c1cc(Cl)ccc1F. The van der Waals surface area contributed by atoms with Gasteiger partial charge < -0.3 is 14.6 Å². The molecule has 0 saturated carbocycles. The Morgan fingerprint density at radius 1 is 1.25 bits per heavy atom. The van der Waals surface area contributed by atoms with Crippen molar-refractivity contribution >= 4 is 23.4 Å². The fraction of sp³-hybridized carbons (Fsp3) is 0.294. The molecule has 1 saturated heterocycles. The monoisotopic (exact) mass is 350 g/mol. The first-order chi connectivity index (χ1) is 11.5. The number of halogens is 2. The third-order valence-corrected chi connectivity index (χ3v) is 4.29. The normalized spacial score (nSPS) is 15.3. The van der Waals surface area contributed by atoms with Crippen LogP contribution in [0.15, 0.2) is 41.2 Å². The van der Waals surface area contributed by atoms with Gasteiger partial charge >= 0.3 is 0 Å². The van der Waals surface area contributed by atoms with E-state index < -0.39 is 11.7 Å². The second-order valence-corrected chi connectivity index (χ2v) is 6.11. The van der Waals surface area contributed by atoms with Crippen molar-refractivity contribution in [3.63, 3.8) is 0 Å². The Hall–Kier alpha value is -2.34. The van der Waals surface area contributed by atoms with Crippen LogP contribution in [0.5, 0.6) is 0 Å². The number of carbonyl (C=O) groups excluding carboxylic acids is 2. The maximum Gasteiger partial charge on any atom is 0.257 e. The molecule has 2 aromatic rings. The maximum atomic E-state index is 13.7. The van der Waals surface area contributed by atoms with E-state index in [-0.39, 0.29) is 17.5 Å². The van der Waals surface area contributed by atoms with Gasteiger partial charge in [0.1, 0.15) is 12.1 Å². The van der Waals surface area contributed by atoms with E-state index in [0.29, 0.717) is 36.5 Å². The number of carbonyl (C=O) groups is 2. The van der Waals surface area contributed by atoms with E-state index >= 15 is 0 Å². The van der Waals surface area contributed by atoms with Gasteiger partial charge in [0.15, 0.2) is 0 Å². The van der Waals surface area contributed by atoms with Crippen LogP contribution in [-0.2, 0) is 0 Å². The summed E-state index contributed by atoms with van der Waals surface area (Å²) in [5.74, 6) is -1.19. The van der Waals surface area contributed by atoms with E-state index in [1.807, 2.05) is 0 Å². The third-order valence-electron chi connectivity index (χ3n) is 4.06. The molecule has 0 radical (unpaired) electrons. The van der Waals surface area contributed by atoms with Crippen molar-refractivity contribution in [2.75, 3.05) is 13.1 Å². The molecule has 2 amide bonds. The van der Waals surface area contributed by atoms with Crippen LogP contribution in [0.4, 0.5) is 4.39 Å². The van der Waals surface area contributed by atoms with E-state index in [2.05, 4.69) is 5.32 Å². The van der Waals surface area contributed by atoms with Gasteiger partial charge in [0.2, 0.25) is 0 Å². The van der Waals surface area contributed by atoms with Crippen LogP contribution in [0, 0.1) is 5.82 Å². The molecule has 1 fully saturated rings. The van der Waals surface area contributed by atoms with Gasteiger partial charge in [0, 0.05) is 24.2 Å². The largest absolute Gasteiger partial charge is 0.472 e. The second kappa shape index (κ2) is 7.05. The number of hydrogen-bond donors (Lipinski definition) is 1. The lowest BCUT2D eigenvalue weighted by molar-refractivity contribution is 0.0697. The Kier molecular flexibility index (Phi) is 4.85. The van der Waals surface area contributed by atoms with Crippen molar-refractivity contribution in [1.29, 1.82) is 0 Å². The lowest BCUT2D eigenvalue weighted by Gasteiger charge is -2.32. The van der Waals surface area contributed by atoms with Gasteiger partial charge in [0.25, 0.3) is 11.8 Å². The minimum atomic E-state index is -0.607. The van der Waals surface area contributed by atoms with Crippen LogP contribution < -0.4 is 5.32 Å². The summed E-state index contributed by atoms with van der Waals surface area (Å²) >= 11 is 5.81. The van der Waals surface area contributed by atoms with Crippen molar-refractivity contribution in [3.05, 3.63) is 58.8 Å². The smallest absolute Gasteiger partial charge is 0.257 e. The number of likely N-dealkylation sites (tertiary alicyclic amines) is 1. The van der Waals surface area contributed by atoms with Crippen LogP contribution in [0.1, 0.15) is 33.6 Å². The summed E-state index contributed by atoms with van der Waals surface area (Å²) < 4.78 is 18.6. The molecule has 5 nitrogen and oxygen atoms in total. The molecule has 1 aromatic carbocycles. The summed E-state index contributed by atoms with van der Waals surface area (Å²) in [6.07, 6.45) is 4.09. The van der Waals surface area contributed by atoms with Gasteiger partial charge in [-0.3, -0.25) is 9.59 Å². The predicted molar refractivity (Wildman–Crippen MR) is 86.5 cm³/mol. The Bertz CT molecular complexity index is 740. The fourth-order valence-electron chi connectivity index (χ4n) is 2.73. The van der Waals surface area contributed by atoms with Gasteiger partial charge in [-0.15, -0.1) is 0 Å². The second-order valence-electron chi connectivity index (χ2n) is 5.68. The standard InChI is InChI=1S/C17H16ClFN2O3/c18-12-1-2-15(19)14(9-12)16(22)20-13-3-6-21(7-4-13)17(23)11-5-8-24-10-11/h1-2,5,8-10,13H,3-4,6-7H2,(H,20,22). The highest BCUT2D eigenvalue weighted by atomic mass is 35.5. The Morgan fingerprint density at radius 2 is 2.00 bits per heavy atom. The van der Waals surface area contributed by atoms with E-state index in [1.54, 1.807) is 11.0 Å². The first-order valence-corrected chi connectivity index (χ1v) is 8.00. The van der Waals surface area contributed by atoms with E-state index in [9.17, 15) is 14.0 Å². The first kappa shape index (κ1) is 16.5. The number of nitrogens with zero attached hydrogens (tertiary/aromatic N) is 1. The van der Waals surface area contributed by atoms with Crippen LogP contribution in [-0.4, -0.2) is 35.8 Å². The average Bonchev–Trinajstić information content (AvgIpc) is 3.11. The summed E-state index contributed by atoms with van der Waals surface area (Å²) in [5.41, 5.74) is 0.442. The van der Waals surface area contributed by atoms with Crippen LogP contribution in [0.3, 0.4) is 0 Å².